The number of fused-ring (bicyclic) bond motifs is 1. The molecule has 28 heavy (non-hydrogen) atoms. The molecule has 0 aliphatic carbocycles. The Labute approximate surface area is 167 Å². The highest BCUT2D eigenvalue weighted by Crippen LogP contribution is 2.35. The van der Waals surface area contributed by atoms with E-state index in [1.807, 2.05) is 36.5 Å². The van der Waals surface area contributed by atoms with Crippen molar-refractivity contribution in [1.29, 1.82) is 0 Å². The number of hydrogen-bond donors (Lipinski definition) is 0. The van der Waals surface area contributed by atoms with Gasteiger partial charge in [-0.1, -0.05) is 18.2 Å². The first-order valence-corrected chi connectivity index (χ1v) is 11.3. The van der Waals surface area contributed by atoms with Gasteiger partial charge in [-0.3, -0.25) is 9.88 Å². The monoisotopic (exact) mass is 401 g/mol. The molecule has 2 aromatic rings. The third kappa shape index (κ3) is 4.06. The second-order valence-corrected chi connectivity index (χ2v) is 9.85. The van der Waals surface area contributed by atoms with E-state index >= 15 is 0 Å². The summed E-state index contributed by atoms with van der Waals surface area (Å²) >= 11 is 0. The molecule has 0 radical (unpaired) electrons. The smallest absolute Gasteiger partial charge is 0.217 e. The van der Waals surface area contributed by atoms with E-state index in [0.717, 1.165) is 37.4 Å². The van der Waals surface area contributed by atoms with Crippen LogP contribution in [0.3, 0.4) is 0 Å². The standard InChI is InChI=1S/C21H27N3O3S/c1-27-20-6-4-17(5-7-20)15-24-16-19-8-11-23(12-9-21(19)28(24,25)26)14-18-3-2-10-22-13-18/h2-7,10,13,19,21H,8-9,11-12,14-16H2,1H3/t19-,21-/m1/s1. The summed E-state index contributed by atoms with van der Waals surface area (Å²) < 4.78 is 33.2. The van der Waals surface area contributed by atoms with Crippen LogP contribution in [-0.2, 0) is 23.1 Å². The number of benzene rings is 1. The van der Waals surface area contributed by atoms with Crippen molar-refractivity contribution in [1.82, 2.24) is 14.2 Å². The highest BCUT2D eigenvalue weighted by molar-refractivity contribution is 7.90. The van der Waals surface area contributed by atoms with Crippen molar-refractivity contribution in [3.05, 3.63) is 59.9 Å². The predicted octanol–water partition coefficient (Wildman–Crippen LogP) is 2.52. The van der Waals surface area contributed by atoms with Gasteiger partial charge in [-0.15, -0.1) is 0 Å². The Bertz CT molecular complexity index is 887. The first-order chi connectivity index (χ1) is 13.6. The van der Waals surface area contributed by atoms with Crippen LogP contribution >= 0.6 is 0 Å². The number of likely N-dealkylation sites (tertiary alicyclic amines) is 1. The summed E-state index contributed by atoms with van der Waals surface area (Å²) in [6.45, 7) is 3.65. The molecular formula is C21H27N3O3S. The molecule has 0 spiro atoms. The molecule has 0 unspecified atom stereocenters. The number of rotatable bonds is 5. The highest BCUT2D eigenvalue weighted by Gasteiger charge is 2.46. The number of pyridine rings is 1. The number of aromatic nitrogens is 1. The van der Waals surface area contributed by atoms with E-state index in [4.69, 9.17) is 4.74 Å². The molecule has 6 nitrogen and oxygen atoms in total. The molecule has 4 rings (SSSR count). The molecule has 1 aromatic carbocycles. The first kappa shape index (κ1) is 19.4. The van der Waals surface area contributed by atoms with Gasteiger partial charge in [-0.25, -0.2) is 8.42 Å². The molecule has 2 aliphatic heterocycles. The molecule has 7 heteroatoms. The van der Waals surface area contributed by atoms with Crippen LogP contribution in [0.5, 0.6) is 5.75 Å². The Morgan fingerprint density at radius 2 is 1.86 bits per heavy atom. The zero-order valence-electron chi connectivity index (χ0n) is 16.2. The Morgan fingerprint density at radius 3 is 2.57 bits per heavy atom. The molecule has 2 saturated heterocycles. The fraction of sp³-hybridized carbons (Fsp3) is 0.476. The van der Waals surface area contributed by atoms with Gasteiger partial charge in [0.1, 0.15) is 5.75 Å². The quantitative estimate of drug-likeness (QED) is 0.770. The topological polar surface area (TPSA) is 62.7 Å². The number of sulfonamides is 1. The molecule has 2 aliphatic rings. The normalized spacial score (nSPS) is 25.2. The number of nitrogens with zero attached hydrogens (tertiary/aromatic N) is 3. The van der Waals surface area contributed by atoms with E-state index < -0.39 is 10.0 Å². The summed E-state index contributed by atoms with van der Waals surface area (Å²) in [5.41, 5.74) is 2.18. The second kappa shape index (κ2) is 8.19. The summed E-state index contributed by atoms with van der Waals surface area (Å²) in [5, 5.41) is -0.260. The molecular weight excluding hydrogens is 374 g/mol. The van der Waals surface area contributed by atoms with Crippen LogP contribution in [0.25, 0.3) is 0 Å². The van der Waals surface area contributed by atoms with Crippen molar-refractivity contribution in [2.45, 2.75) is 31.2 Å². The molecule has 0 N–H and O–H groups in total. The lowest BCUT2D eigenvalue weighted by molar-refractivity contribution is 0.266. The van der Waals surface area contributed by atoms with Crippen molar-refractivity contribution >= 4 is 10.0 Å². The number of methoxy groups -OCH3 is 1. The van der Waals surface area contributed by atoms with Gasteiger partial charge in [0.15, 0.2) is 0 Å². The van der Waals surface area contributed by atoms with Crippen LogP contribution < -0.4 is 4.74 Å². The minimum Gasteiger partial charge on any atom is -0.497 e. The first-order valence-electron chi connectivity index (χ1n) is 9.79. The molecule has 3 heterocycles. The average Bonchev–Trinajstić information content (AvgIpc) is 2.84. The summed E-state index contributed by atoms with van der Waals surface area (Å²) in [6.07, 6.45) is 5.29. The van der Waals surface area contributed by atoms with Crippen molar-refractivity contribution in [2.75, 3.05) is 26.7 Å². The van der Waals surface area contributed by atoms with Crippen molar-refractivity contribution < 1.29 is 13.2 Å². The molecule has 1 aromatic heterocycles. The second-order valence-electron chi connectivity index (χ2n) is 7.70. The summed E-state index contributed by atoms with van der Waals surface area (Å²) in [4.78, 5) is 6.54. The minimum atomic E-state index is -3.26. The SMILES string of the molecule is COc1ccc(CN2C[C@H]3CCN(Cc4cccnc4)CC[C@H]3S2(=O)=O)cc1. The lowest BCUT2D eigenvalue weighted by atomic mass is 10.0. The van der Waals surface area contributed by atoms with E-state index in [9.17, 15) is 8.42 Å². The van der Waals surface area contributed by atoms with Crippen molar-refractivity contribution in [2.24, 2.45) is 5.92 Å². The van der Waals surface area contributed by atoms with Crippen molar-refractivity contribution in [3.63, 3.8) is 0 Å². The highest BCUT2D eigenvalue weighted by atomic mass is 32.2. The lowest BCUT2D eigenvalue weighted by Crippen LogP contribution is -2.31. The van der Waals surface area contributed by atoms with E-state index in [0.29, 0.717) is 19.5 Å². The predicted molar refractivity (Wildman–Crippen MR) is 108 cm³/mol. The zero-order chi connectivity index (χ0) is 19.6. The van der Waals surface area contributed by atoms with Crippen LogP contribution in [0.15, 0.2) is 48.8 Å². The molecule has 0 amide bonds. The van der Waals surface area contributed by atoms with Gasteiger partial charge < -0.3 is 4.74 Å². The van der Waals surface area contributed by atoms with Gasteiger partial charge in [-0.05, 0) is 61.2 Å². The van der Waals surface area contributed by atoms with Gasteiger partial charge in [-0.2, -0.15) is 4.31 Å². The minimum absolute atomic E-state index is 0.210. The third-order valence-electron chi connectivity index (χ3n) is 5.90. The van der Waals surface area contributed by atoms with Crippen LogP contribution in [0.2, 0.25) is 0 Å². The number of ether oxygens (including phenoxy) is 1. The van der Waals surface area contributed by atoms with Gasteiger partial charge in [0, 0.05) is 32.0 Å². The summed E-state index contributed by atoms with van der Waals surface area (Å²) in [7, 11) is -1.63. The average molecular weight is 402 g/mol. The zero-order valence-corrected chi connectivity index (χ0v) is 17.0. The van der Waals surface area contributed by atoms with Crippen LogP contribution in [-0.4, -0.2) is 54.6 Å². The third-order valence-corrected chi connectivity index (χ3v) is 8.28. The molecule has 2 fully saturated rings. The summed E-state index contributed by atoms with van der Waals surface area (Å²) in [5.74, 6) is 0.994. The largest absolute Gasteiger partial charge is 0.497 e. The van der Waals surface area contributed by atoms with E-state index in [1.165, 1.54) is 5.56 Å². The van der Waals surface area contributed by atoms with Crippen LogP contribution in [0.1, 0.15) is 24.0 Å². The Hall–Kier alpha value is -1.96. The van der Waals surface area contributed by atoms with Gasteiger partial charge in [0.05, 0.1) is 12.4 Å². The fourth-order valence-electron chi connectivity index (χ4n) is 4.35. The van der Waals surface area contributed by atoms with Crippen molar-refractivity contribution in [3.8, 4) is 5.75 Å². The maximum absolute atomic E-state index is 13.1. The fourth-order valence-corrected chi connectivity index (χ4v) is 6.57. The van der Waals surface area contributed by atoms with Crippen LogP contribution in [0.4, 0.5) is 0 Å². The maximum atomic E-state index is 13.1. The van der Waals surface area contributed by atoms with Gasteiger partial charge >= 0.3 is 0 Å². The lowest BCUT2D eigenvalue weighted by Gasteiger charge is -2.22. The van der Waals surface area contributed by atoms with Gasteiger partial charge in [0.25, 0.3) is 0 Å². The van der Waals surface area contributed by atoms with E-state index in [-0.39, 0.29) is 11.2 Å². The Balaban J connectivity index is 1.41. The maximum Gasteiger partial charge on any atom is 0.217 e. The van der Waals surface area contributed by atoms with E-state index in [2.05, 4.69) is 16.0 Å². The Morgan fingerprint density at radius 1 is 1.07 bits per heavy atom. The Kier molecular flexibility index (Phi) is 5.66. The molecule has 2 atom stereocenters. The van der Waals surface area contributed by atoms with Crippen LogP contribution in [0, 0.1) is 5.92 Å². The molecule has 150 valence electrons. The van der Waals surface area contributed by atoms with Gasteiger partial charge in [0.2, 0.25) is 10.0 Å². The molecule has 0 saturated carbocycles. The molecule has 0 bridgehead atoms. The number of hydrogen-bond acceptors (Lipinski definition) is 5. The van der Waals surface area contributed by atoms with E-state index in [1.54, 1.807) is 17.6 Å². The summed E-state index contributed by atoms with van der Waals surface area (Å²) in [6, 6.07) is 11.7.